The molecule has 5 heteroatoms. The number of hydrogen-bond acceptors (Lipinski definition) is 3. The summed E-state index contributed by atoms with van der Waals surface area (Å²) >= 11 is 6.67. The molecule has 0 fully saturated rings. The SMILES string of the molecule is CCCOc1ccc(C(=O)c2ncc(Br)cc2Br)cc1. The topological polar surface area (TPSA) is 39.2 Å². The minimum Gasteiger partial charge on any atom is -0.494 e. The van der Waals surface area contributed by atoms with E-state index in [1.807, 2.05) is 0 Å². The summed E-state index contributed by atoms with van der Waals surface area (Å²) in [6, 6.07) is 8.91. The Balaban J connectivity index is 2.20. The molecule has 0 aliphatic rings. The van der Waals surface area contributed by atoms with E-state index >= 15 is 0 Å². The number of rotatable bonds is 5. The van der Waals surface area contributed by atoms with Crippen LogP contribution >= 0.6 is 31.9 Å². The third kappa shape index (κ3) is 3.67. The van der Waals surface area contributed by atoms with Crippen molar-refractivity contribution in [2.24, 2.45) is 0 Å². The molecule has 2 rings (SSSR count). The zero-order valence-corrected chi connectivity index (χ0v) is 14.1. The lowest BCUT2D eigenvalue weighted by molar-refractivity contribution is 0.103. The second-order valence-corrected chi connectivity index (χ2v) is 5.96. The van der Waals surface area contributed by atoms with E-state index in [4.69, 9.17) is 4.74 Å². The van der Waals surface area contributed by atoms with Crippen LogP contribution in [0.3, 0.4) is 0 Å². The average molecular weight is 399 g/mol. The molecule has 0 radical (unpaired) electrons. The molecular formula is C15H13Br2NO2. The first-order valence-electron chi connectivity index (χ1n) is 6.20. The number of carbonyl (C=O) groups excluding carboxylic acids is 1. The van der Waals surface area contributed by atoms with E-state index in [0.29, 0.717) is 22.3 Å². The van der Waals surface area contributed by atoms with Crippen LogP contribution in [0, 0.1) is 0 Å². The number of halogens is 2. The quantitative estimate of drug-likeness (QED) is 0.689. The maximum absolute atomic E-state index is 12.4. The van der Waals surface area contributed by atoms with Crippen molar-refractivity contribution in [3.63, 3.8) is 0 Å². The Labute approximate surface area is 134 Å². The smallest absolute Gasteiger partial charge is 0.212 e. The number of aromatic nitrogens is 1. The van der Waals surface area contributed by atoms with E-state index in [1.54, 1.807) is 36.5 Å². The summed E-state index contributed by atoms with van der Waals surface area (Å²) in [5, 5.41) is 0. The Morgan fingerprint density at radius 3 is 2.55 bits per heavy atom. The van der Waals surface area contributed by atoms with Crippen LogP contribution in [0.2, 0.25) is 0 Å². The van der Waals surface area contributed by atoms with Crippen molar-refractivity contribution in [1.29, 1.82) is 0 Å². The van der Waals surface area contributed by atoms with Gasteiger partial charge in [0.1, 0.15) is 11.4 Å². The van der Waals surface area contributed by atoms with Gasteiger partial charge in [0.2, 0.25) is 5.78 Å². The minimum absolute atomic E-state index is 0.119. The third-order valence-electron chi connectivity index (χ3n) is 2.61. The first-order chi connectivity index (χ1) is 9.61. The summed E-state index contributed by atoms with van der Waals surface area (Å²) in [6.45, 7) is 2.72. The standard InChI is InChI=1S/C15H13Br2NO2/c1-2-7-20-12-5-3-10(4-6-12)15(19)14-13(17)8-11(16)9-18-14/h3-6,8-9H,2,7H2,1H3. The molecule has 1 aromatic heterocycles. The second kappa shape index (κ2) is 6.99. The molecule has 1 aromatic carbocycles. The number of nitrogens with zero attached hydrogens (tertiary/aromatic N) is 1. The van der Waals surface area contributed by atoms with Crippen LogP contribution in [0.5, 0.6) is 5.75 Å². The fraction of sp³-hybridized carbons (Fsp3) is 0.200. The van der Waals surface area contributed by atoms with Crippen molar-refractivity contribution < 1.29 is 9.53 Å². The summed E-state index contributed by atoms with van der Waals surface area (Å²) < 4.78 is 6.99. The van der Waals surface area contributed by atoms with Crippen molar-refractivity contribution in [2.45, 2.75) is 13.3 Å². The lowest BCUT2D eigenvalue weighted by Gasteiger charge is -2.06. The molecule has 0 aliphatic heterocycles. The number of carbonyl (C=O) groups is 1. The van der Waals surface area contributed by atoms with E-state index in [0.717, 1.165) is 16.6 Å². The van der Waals surface area contributed by atoms with Gasteiger partial charge in [-0.25, -0.2) is 0 Å². The highest BCUT2D eigenvalue weighted by Crippen LogP contribution is 2.23. The number of ether oxygens (including phenoxy) is 1. The van der Waals surface area contributed by atoms with Gasteiger partial charge in [0.15, 0.2) is 0 Å². The monoisotopic (exact) mass is 397 g/mol. The lowest BCUT2D eigenvalue weighted by atomic mass is 10.1. The Hall–Kier alpha value is -1.20. The zero-order valence-electron chi connectivity index (χ0n) is 10.9. The fourth-order valence-corrected chi connectivity index (χ4v) is 2.81. The van der Waals surface area contributed by atoms with Crippen LogP contribution < -0.4 is 4.74 Å². The van der Waals surface area contributed by atoms with Gasteiger partial charge in [-0.1, -0.05) is 6.92 Å². The van der Waals surface area contributed by atoms with Crippen molar-refractivity contribution in [1.82, 2.24) is 4.98 Å². The number of hydrogen-bond donors (Lipinski definition) is 0. The van der Waals surface area contributed by atoms with Gasteiger partial charge >= 0.3 is 0 Å². The van der Waals surface area contributed by atoms with Gasteiger partial charge in [0.25, 0.3) is 0 Å². The number of ketones is 1. The van der Waals surface area contributed by atoms with Gasteiger partial charge in [-0.15, -0.1) is 0 Å². The molecule has 0 bridgehead atoms. The molecule has 0 atom stereocenters. The highest BCUT2D eigenvalue weighted by atomic mass is 79.9. The van der Waals surface area contributed by atoms with E-state index in [9.17, 15) is 4.79 Å². The van der Waals surface area contributed by atoms with Gasteiger partial charge < -0.3 is 4.74 Å². The largest absolute Gasteiger partial charge is 0.494 e. The van der Waals surface area contributed by atoms with Crippen LogP contribution in [-0.2, 0) is 0 Å². The average Bonchev–Trinajstić information content (AvgIpc) is 2.45. The summed E-state index contributed by atoms with van der Waals surface area (Å²) in [4.78, 5) is 16.5. The molecule has 0 aliphatic carbocycles. The van der Waals surface area contributed by atoms with Crippen LogP contribution in [0.25, 0.3) is 0 Å². The van der Waals surface area contributed by atoms with Gasteiger partial charge in [-0.3, -0.25) is 9.78 Å². The predicted octanol–water partition coefficient (Wildman–Crippen LogP) is 4.63. The minimum atomic E-state index is -0.119. The maximum Gasteiger partial charge on any atom is 0.212 e. The van der Waals surface area contributed by atoms with Crippen molar-refractivity contribution in [3.8, 4) is 5.75 Å². The molecule has 0 amide bonds. The van der Waals surface area contributed by atoms with Gasteiger partial charge in [-0.05, 0) is 68.6 Å². The Kier molecular flexibility index (Phi) is 5.31. The van der Waals surface area contributed by atoms with E-state index in [-0.39, 0.29) is 5.78 Å². The molecule has 0 saturated heterocycles. The third-order valence-corrected chi connectivity index (χ3v) is 3.65. The summed E-state index contributed by atoms with van der Waals surface area (Å²) in [6.07, 6.45) is 2.56. The van der Waals surface area contributed by atoms with E-state index in [1.165, 1.54) is 0 Å². The van der Waals surface area contributed by atoms with Crippen molar-refractivity contribution >= 4 is 37.6 Å². The fourth-order valence-electron chi connectivity index (χ4n) is 1.64. The normalized spacial score (nSPS) is 10.3. The molecule has 0 unspecified atom stereocenters. The van der Waals surface area contributed by atoms with Crippen LogP contribution in [0.4, 0.5) is 0 Å². The highest BCUT2D eigenvalue weighted by molar-refractivity contribution is 9.11. The molecule has 3 nitrogen and oxygen atoms in total. The molecule has 0 spiro atoms. The van der Waals surface area contributed by atoms with Gasteiger partial charge in [-0.2, -0.15) is 0 Å². The van der Waals surface area contributed by atoms with E-state index < -0.39 is 0 Å². The van der Waals surface area contributed by atoms with E-state index in [2.05, 4.69) is 43.8 Å². The highest BCUT2D eigenvalue weighted by Gasteiger charge is 2.14. The van der Waals surface area contributed by atoms with Crippen LogP contribution in [0.1, 0.15) is 29.4 Å². The lowest BCUT2D eigenvalue weighted by Crippen LogP contribution is -2.05. The zero-order chi connectivity index (χ0) is 14.5. The summed E-state index contributed by atoms with van der Waals surface area (Å²) in [5.41, 5.74) is 0.986. The summed E-state index contributed by atoms with van der Waals surface area (Å²) in [5.74, 6) is 0.651. The number of pyridine rings is 1. The Bertz CT molecular complexity index is 612. The van der Waals surface area contributed by atoms with Crippen LogP contribution in [0.15, 0.2) is 45.5 Å². The Morgan fingerprint density at radius 2 is 1.95 bits per heavy atom. The van der Waals surface area contributed by atoms with Gasteiger partial charge in [0.05, 0.1) is 6.61 Å². The van der Waals surface area contributed by atoms with Crippen molar-refractivity contribution in [3.05, 3.63) is 56.7 Å². The first-order valence-corrected chi connectivity index (χ1v) is 7.79. The van der Waals surface area contributed by atoms with Gasteiger partial charge in [0, 0.05) is 20.7 Å². The molecule has 1 heterocycles. The molecule has 0 N–H and O–H groups in total. The first kappa shape index (κ1) is 15.2. The second-order valence-electron chi connectivity index (χ2n) is 4.19. The summed E-state index contributed by atoms with van der Waals surface area (Å²) in [7, 11) is 0. The maximum atomic E-state index is 12.4. The number of benzene rings is 1. The molecular weight excluding hydrogens is 386 g/mol. The van der Waals surface area contributed by atoms with Crippen LogP contribution in [-0.4, -0.2) is 17.4 Å². The van der Waals surface area contributed by atoms with Crippen molar-refractivity contribution in [2.75, 3.05) is 6.61 Å². The Morgan fingerprint density at radius 1 is 1.25 bits per heavy atom. The molecule has 2 aromatic rings. The molecule has 0 saturated carbocycles. The molecule has 104 valence electrons. The predicted molar refractivity (Wildman–Crippen MR) is 85.3 cm³/mol. The molecule has 20 heavy (non-hydrogen) atoms.